The number of aromatic nitrogens is 2. The van der Waals surface area contributed by atoms with Crippen molar-refractivity contribution < 1.29 is 4.79 Å². The van der Waals surface area contributed by atoms with E-state index in [0.29, 0.717) is 11.5 Å². The number of nitrogens with one attached hydrogen (secondary N) is 2. The van der Waals surface area contributed by atoms with Crippen LogP contribution < -0.4 is 10.6 Å². The van der Waals surface area contributed by atoms with E-state index >= 15 is 0 Å². The van der Waals surface area contributed by atoms with Gasteiger partial charge in [0.15, 0.2) is 0 Å². The lowest BCUT2D eigenvalue weighted by Crippen LogP contribution is -2.14. The van der Waals surface area contributed by atoms with E-state index in [1.807, 2.05) is 26.0 Å². The lowest BCUT2D eigenvalue weighted by molar-refractivity contribution is 0.102. The molecule has 0 atom stereocenters. The number of hydrogen-bond acceptors (Lipinski definition) is 4. The van der Waals surface area contributed by atoms with Gasteiger partial charge in [-0.2, -0.15) is 0 Å². The number of carbonyl (C=O) groups excluding carboxylic acids is 1. The molecule has 2 N–H and O–H groups in total. The molecular weight excluding hydrogens is 240 g/mol. The first-order valence-electron chi connectivity index (χ1n) is 6.13. The third-order valence-electron chi connectivity index (χ3n) is 2.53. The maximum atomic E-state index is 11.9. The van der Waals surface area contributed by atoms with Gasteiger partial charge in [-0.25, -0.2) is 9.97 Å². The molecule has 0 aliphatic heterocycles. The van der Waals surface area contributed by atoms with Gasteiger partial charge < -0.3 is 10.6 Å². The fraction of sp³-hybridized carbons (Fsp3) is 0.214. The van der Waals surface area contributed by atoms with Crippen molar-refractivity contribution in [3.05, 3.63) is 47.9 Å². The maximum Gasteiger partial charge on any atom is 0.275 e. The van der Waals surface area contributed by atoms with E-state index in [-0.39, 0.29) is 5.91 Å². The Bertz CT molecular complexity index is 549. The second kappa shape index (κ2) is 5.95. The number of anilines is 2. The normalized spacial score (nSPS) is 10.0. The van der Waals surface area contributed by atoms with Crippen molar-refractivity contribution in [2.45, 2.75) is 13.8 Å². The molecule has 0 bridgehead atoms. The van der Waals surface area contributed by atoms with Crippen LogP contribution in [0, 0.1) is 6.92 Å². The molecule has 0 saturated heterocycles. The summed E-state index contributed by atoms with van der Waals surface area (Å²) < 4.78 is 0. The van der Waals surface area contributed by atoms with Gasteiger partial charge in [-0.1, -0.05) is 6.07 Å². The van der Waals surface area contributed by atoms with Crippen molar-refractivity contribution in [2.24, 2.45) is 0 Å². The lowest BCUT2D eigenvalue weighted by atomic mass is 10.3. The van der Waals surface area contributed by atoms with Gasteiger partial charge in [-0.15, -0.1) is 0 Å². The van der Waals surface area contributed by atoms with Crippen LogP contribution in [0.2, 0.25) is 0 Å². The van der Waals surface area contributed by atoms with Crippen LogP contribution in [0.5, 0.6) is 0 Å². The van der Waals surface area contributed by atoms with Crippen LogP contribution in [-0.2, 0) is 0 Å². The fourth-order valence-electron chi connectivity index (χ4n) is 1.56. The van der Waals surface area contributed by atoms with Crippen molar-refractivity contribution in [1.29, 1.82) is 0 Å². The summed E-state index contributed by atoms with van der Waals surface area (Å²) in [6.45, 7) is 4.77. The summed E-state index contributed by atoms with van der Waals surface area (Å²) in [5.41, 5.74) is 2.31. The van der Waals surface area contributed by atoms with Crippen LogP contribution in [-0.4, -0.2) is 22.4 Å². The molecule has 0 fully saturated rings. The summed E-state index contributed by atoms with van der Waals surface area (Å²) in [5.74, 6) is 0.257. The highest BCUT2D eigenvalue weighted by Gasteiger charge is 2.07. The van der Waals surface area contributed by atoms with Crippen molar-refractivity contribution in [1.82, 2.24) is 9.97 Å². The number of aryl methyl sites for hydroxylation is 1. The molecule has 0 aliphatic rings. The van der Waals surface area contributed by atoms with Gasteiger partial charge in [0.1, 0.15) is 11.5 Å². The minimum absolute atomic E-state index is 0.264. The summed E-state index contributed by atoms with van der Waals surface area (Å²) in [4.78, 5) is 20.2. The Balaban J connectivity index is 2.05. The second-order valence-corrected chi connectivity index (χ2v) is 4.14. The molecule has 2 aromatic rings. The van der Waals surface area contributed by atoms with Gasteiger partial charge in [0.05, 0.1) is 11.9 Å². The highest BCUT2D eigenvalue weighted by Crippen LogP contribution is 2.09. The van der Waals surface area contributed by atoms with E-state index in [1.165, 1.54) is 0 Å². The Morgan fingerprint density at radius 1 is 1.16 bits per heavy atom. The number of hydrogen-bond donors (Lipinski definition) is 2. The molecule has 0 radical (unpaired) electrons. The van der Waals surface area contributed by atoms with Crippen molar-refractivity contribution in [3.8, 4) is 0 Å². The first kappa shape index (κ1) is 13.0. The first-order valence-corrected chi connectivity index (χ1v) is 6.13. The number of pyridine rings is 2. The van der Waals surface area contributed by atoms with Crippen LogP contribution in [0.25, 0.3) is 0 Å². The Hall–Kier alpha value is -2.43. The van der Waals surface area contributed by atoms with Crippen LogP contribution in [0.3, 0.4) is 0 Å². The molecule has 1 amide bonds. The SMILES string of the molecule is CCNc1ccc(C(=O)Nc2ccc(C)cn2)nc1. The van der Waals surface area contributed by atoms with Crippen molar-refractivity contribution in [3.63, 3.8) is 0 Å². The number of nitrogens with zero attached hydrogens (tertiary/aromatic N) is 2. The van der Waals surface area contributed by atoms with Crippen LogP contribution in [0.1, 0.15) is 23.0 Å². The summed E-state index contributed by atoms with van der Waals surface area (Å²) >= 11 is 0. The number of amides is 1. The van der Waals surface area contributed by atoms with Gasteiger partial charge in [0.2, 0.25) is 0 Å². The Labute approximate surface area is 112 Å². The zero-order valence-electron chi connectivity index (χ0n) is 11.0. The summed E-state index contributed by atoms with van der Waals surface area (Å²) in [6.07, 6.45) is 3.35. The Kier molecular flexibility index (Phi) is 4.07. The highest BCUT2D eigenvalue weighted by molar-refractivity contribution is 6.02. The van der Waals surface area contributed by atoms with Crippen molar-refractivity contribution >= 4 is 17.4 Å². The third kappa shape index (κ3) is 3.51. The molecular formula is C14H16N4O. The fourth-order valence-corrected chi connectivity index (χ4v) is 1.56. The molecule has 0 unspecified atom stereocenters. The average Bonchev–Trinajstić information content (AvgIpc) is 2.42. The molecule has 5 nitrogen and oxygen atoms in total. The van der Waals surface area contributed by atoms with Gasteiger partial charge in [0, 0.05) is 12.7 Å². The van der Waals surface area contributed by atoms with E-state index in [4.69, 9.17) is 0 Å². The maximum absolute atomic E-state index is 11.9. The molecule has 0 aliphatic carbocycles. The van der Waals surface area contributed by atoms with E-state index in [0.717, 1.165) is 17.8 Å². The highest BCUT2D eigenvalue weighted by atomic mass is 16.1. The molecule has 0 saturated carbocycles. The van der Waals surface area contributed by atoms with Gasteiger partial charge in [-0.3, -0.25) is 4.79 Å². The Morgan fingerprint density at radius 2 is 2.00 bits per heavy atom. The Morgan fingerprint density at radius 3 is 2.58 bits per heavy atom. The van der Waals surface area contributed by atoms with E-state index in [9.17, 15) is 4.79 Å². The molecule has 2 heterocycles. The molecule has 2 rings (SSSR count). The van der Waals surface area contributed by atoms with E-state index < -0.39 is 0 Å². The van der Waals surface area contributed by atoms with Crippen molar-refractivity contribution in [2.75, 3.05) is 17.2 Å². The largest absolute Gasteiger partial charge is 0.384 e. The second-order valence-electron chi connectivity index (χ2n) is 4.14. The summed E-state index contributed by atoms with van der Waals surface area (Å²) in [5, 5.41) is 5.83. The minimum Gasteiger partial charge on any atom is -0.384 e. The van der Waals surface area contributed by atoms with Crippen LogP contribution >= 0.6 is 0 Å². The van der Waals surface area contributed by atoms with Gasteiger partial charge >= 0.3 is 0 Å². The predicted octanol–water partition coefficient (Wildman–Crippen LogP) is 2.47. The predicted molar refractivity (Wildman–Crippen MR) is 75.3 cm³/mol. The van der Waals surface area contributed by atoms with Gasteiger partial charge in [-0.05, 0) is 37.6 Å². The zero-order chi connectivity index (χ0) is 13.7. The lowest BCUT2D eigenvalue weighted by Gasteiger charge is -2.05. The van der Waals surface area contributed by atoms with Gasteiger partial charge in [0.25, 0.3) is 5.91 Å². The zero-order valence-corrected chi connectivity index (χ0v) is 11.0. The third-order valence-corrected chi connectivity index (χ3v) is 2.53. The average molecular weight is 256 g/mol. The summed E-state index contributed by atoms with van der Waals surface area (Å²) in [6, 6.07) is 7.17. The molecule has 2 aromatic heterocycles. The smallest absolute Gasteiger partial charge is 0.275 e. The number of rotatable bonds is 4. The first-order chi connectivity index (χ1) is 9.19. The van der Waals surface area contributed by atoms with Crippen LogP contribution in [0.15, 0.2) is 36.7 Å². The molecule has 19 heavy (non-hydrogen) atoms. The minimum atomic E-state index is -0.264. The molecule has 0 spiro atoms. The van der Waals surface area contributed by atoms with E-state index in [2.05, 4.69) is 20.6 Å². The van der Waals surface area contributed by atoms with E-state index in [1.54, 1.807) is 24.5 Å². The standard InChI is InChI=1S/C14H16N4O/c1-3-15-11-5-6-12(16-9-11)14(19)18-13-7-4-10(2)8-17-13/h4-9,15H,3H2,1-2H3,(H,17,18,19). The molecule has 0 aromatic carbocycles. The summed E-state index contributed by atoms with van der Waals surface area (Å²) in [7, 11) is 0. The topological polar surface area (TPSA) is 66.9 Å². The quantitative estimate of drug-likeness (QED) is 0.881. The monoisotopic (exact) mass is 256 g/mol. The molecule has 98 valence electrons. The number of carbonyl (C=O) groups is 1. The molecule has 5 heteroatoms. The van der Waals surface area contributed by atoms with Crippen LogP contribution in [0.4, 0.5) is 11.5 Å².